The molecule has 2 nitrogen and oxygen atoms in total. The van der Waals surface area contributed by atoms with Crippen LogP contribution in [-0.2, 0) is 0 Å². The van der Waals surface area contributed by atoms with Crippen molar-refractivity contribution >= 4 is 49.6 Å². The zero-order chi connectivity index (χ0) is 36.7. The molecule has 0 N–H and O–H groups in total. The molecule has 0 saturated carbocycles. The first-order valence-corrected chi connectivity index (χ1v) is 18.9. The quantitative estimate of drug-likeness (QED) is 0.160. The van der Waals surface area contributed by atoms with Crippen LogP contribution in [0.5, 0.6) is 0 Å². The van der Waals surface area contributed by atoms with E-state index in [4.69, 9.17) is 0 Å². The largest absolute Gasteiger partial charge is 0.311 e. The number of nitrogens with zero attached hydrogens (tertiary/aromatic N) is 2. The number of rotatable bonds is 7. The average molecular weight is 703 g/mol. The summed E-state index contributed by atoms with van der Waals surface area (Å²) in [6.07, 6.45) is 0. The van der Waals surface area contributed by atoms with Crippen molar-refractivity contribution in [3.8, 4) is 39.1 Å². The van der Waals surface area contributed by atoms with Gasteiger partial charge in [-0.3, -0.25) is 0 Å². The van der Waals surface area contributed by atoms with Gasteiger partial charge in [0.05, 0.1) is 11.0 Å². The smallest absolute Gasteiger partial charge is 0.0541 e. The Kier molecular flexibility index (Phi) is 8.08. The molecule has 0 aliphatic carbocycles. The fourth-order valence-electron chi connectivity index (χ4n) is 8.07. The highest BCUT2D eigenvalue weighted by molar-refractivity contribution is 6.09. The third-order valence-electron chi connectivity index (χ3n) is 10.9. The summed E-state index contributed by atoms with van der Waals surface area (Å²) in [6.45, 7) is 2.13. The van der Waals surface area contributed by atoms with Gasteiger partial charge in [-0.1, -0.05) is 157 Å². The van der Waals surface area contributed by atoms with Gasteiger partial charge in [-0.05, 0) is 112 Å². The van der Waals surface area contributed by atoms with Crippen LogP contribution in [0.1, 0.15) is 5.56 Å². The molecule has 0 fully saturated rings. The van der Waals surface area contributed by atoms with Crippen LogP contribution in [0.4, 0.5) is 17.1 Å². The Bertz CT molecular complexity index is 2880. The van der Waals surface area contributed by atoms with Gasteiger partial charge in [0.15, 0.2) is 0 Å². The molecule has 0 aliphatic rings. The van der Waals surface area contributed by atoms with Crippen LogP contribution in [0, 0.1) is 6.92 Å². The molecule has 0 unspecified atom stereocenters. The first-order chi connectivity index (χ1) is 27.2. The van der Waals surface area contributed by atoms with Gasteiger partial charge < -0.3 is 9.47 Å². The molecule has 1 heterocycles. The summed E-state index contributed by atoms with van der Waals surface area (Å²) in [7, 11) is 0. The lowest BCUT2D eigenvalue weighted by atomic mass is 9.96. The van der Waals surface area contributed by atoms with Gasteiger partial charge in [-0.2, -0.15) is 0 Å². The molecule has 0 bridgehead atoms. The zero-order valence-electron chi connectivity index (χ0n) is 30.6. The standard InChI is InChI=1S/C53H38N2/c1-37-17-19-38(20-18-37)40-25-29-44(30-26-40)54(46-33-35-47(36-34-46)55-52-15-6-4-12-50(52)51-13-5-7-16-53(51)55)45-31-27-41(28-32-45)39-21-23-43(24-22-39)49-14-8-10-42-9-2-3-11-48(42)49/h2-36H,1H3. The van der Waals surface area contributed by atoms with Crippen molar-refractivity contribution in [3.63, 3.8) is 0 Å². The number of hydrogen-bond acceptors (Lipinski definition) is 1. The molecule has 9 aromatic carbocycles. The van der Waals surface area contributed by atoms with Crippen LogP contribution in [0.3, 0.4) is 0 Å². The van der Waals surface area contributed by atoms with Crippen LogP contribution in [0.15, 0.2) is 212 Å². The van der Waals surface area contributed by atoms with E-state index in [-0.39, 0.29) is 0 Å². The molecule has 0 saturated heterocycles. The first kappa shape index (κ1) is 32.5. The molecular formula is C53H38N2. The van der Waals surface area contributed by atoms with Gasteiger partial charge >= 0.3 is 0 Å². The zero-order valence-corrected chi connectivity index (χ0v) is 30.6. The summed E-state index contributed by atoms with van der Waals surface area (Å²) >= 11 is 0. The Labute approximate surface area is 321 Å². The number of hydrogen-bond donors (Lipinski definition) is 0. The predicted molar refractivity (Wildman–Crippen MR) is 234 cm³/mol. The minimum atomic E-state index is 1.10. The van der Waals surface area contributed by atoms with E-state index in [1.165, 1.54) is 71.5 Å². The SMILES string of the molecule is Cc1ccc(-c2ccc(N(c3ccc(-c4ccc(-c5cccc6ccccc56)cc4)cc3)c3ccc(-n4c5ccccc5c5ccccc54)cc3)cc2)cc1. The Balaban J connectivity index is 1.01. The van der Waals surface area contributed by atoms with Crippen molar-refractivity contribution in [3.05, 3.63) is 218 Å². The summed E-state index contributed by atoms with van der Waals surface area (Å²) in [5, 5.41) is 5.06. The van der Waals surface area contributed by atoms with Crippen molar-refractivity contribution in [1.29, 1.82) is 0 Å². The van der Waals surface area contributed by atoms with E-state index < -0.39 is 0 Å². The molecule has 1 aromatic heterocycles. The Morgan fingerprint density at radius 3 is 1.27 bits per heavy atom. The van der Waals surface area contributed by atoms with Crippen LogP contribution in [-0.4, -0.2) is 4.57 Å². The summed E-state index contributed by atoms with van der Waals surface area (Å²) in [4.78, 5) is 2.35. The number of fused-ring (bicyclic) bond motifs is 4. The second-order valence-electron chi connectivity index (χ2n) is 14.3. The van der Waals surface area contributed by atoms with Crippen molar-refractivity contribution in [1.82, 2.24) is 4.57 Å². The summed E-state index contributed by atoms with van der Waals surface area (Å²) in [6, 6.07) is 77.0. The van der Waals surface area contributed by atoms with Crippen LogP contribution >= 0.6 is 0 Å². The summed E-state index contributed by atoms with van der Waals surface area (Å²) in [5.41, 5.74) is 15.4. The third kappa shape index (κ3) is 5.95. The highest BCUT2D eigenvalue weighted by atomic mass is 15.1. The maximum absolute atomic E-state index is 2.37. The van der Waals surface area contributed by atoms with E-state index in [9.17, 15) is 0 Å². The lowest BCUT2D eigenvalue weighted by Crippen LogP contribution is -2.10. The van der Waals surface area contributed by atoms with E-state index in [0.717, 1.165) is 22.7 Å². The minimum absolute atomic E-state index is 1.10. The maximum Gasteiger partial charge on any atom is 0.0541 e. The van der Waals surface area contributed by atoms with Crippen LogP contribution in [0.2, 0.25) is 0 Å². The highest BCUT2D eigenvalue weighted by Crippen LogP contribution is 2.39. The fourth-order valence-corrected chi connectivity index (χ4v) is 8.07. The summed E-state index contributed by atoms with van der Waals surface area (Å²) < 4.78 is 2.37. The Hall–Kier alpha value is -7.16. The molecule has 0 atom stereocenters. The molecule has 0 aliphatic heterocycles. The lowest BCUT2D eigenvalue weighted by Gasteiger charge is -2.26. The molecular weight excluding hydrogens is 665 g/mol. The molecule has 260 valence electrons. The number of para-hydroxylation sites is 2. The number of anilines is 3. The second kappa shape index (κ2) is 13.7. The number of benzene rings is 9. The highest BCUT2D eigenvalue weighted by Gasteiger charge is 2.16. The molecule has 55 heavy (non-hydrogen) atoms. The molecule has 10 aromatic rings. The first-order valence-electron chi connectivity index (χ1n) is 18.9. The van der Waals surface area contributed by atoms with Crippen molar-refractivity contribution in [2.45, 2.75) is 6.92 Å². The Morgan fingerprint density at radius 2 is 0.727 bits per heavy atom. The van der Waals surface area contributed by atoms with Gasteiger partial charge in [0, 0.05) is 33.5 Å². The van der Waals surface area contributed by atoms with Gasteiger partial charge in [0.2, 0.25) is 0 Å². The normalized spacial score (nSPS) is 11.4. The van der Waals surface area contributed by atoms with Crippen molar-refractivity contribution < 1.29 is 0 Å². The average Bonchev–Trinajstić information content (AvgIpc) is 3.59. The van der Waals surface area contributed by atoms with Gasteiger partial charge in [0.25, 0.3) is 0 Å². The van der Waals surface area contributed by atoms with Gasteiger partial charge in [0.1, 0.15) is 0 Å². The number of aromatic nitrogens is 1. The monoisotopic (exact) mass is 702 g/mol. The van der Waals surface area contributed by atoms with E-state index in [2.05, 4.69) is 229 Å². The third-order valence-corrected chi connectivity index (χ3v) is 10.9. The van der Waals surface area contributed by atoms with Crippen LogP contribution in [0.25, 0.3) is 71.6 Å². The molecule has 0 radical (unpaired) electrons. The molecule has 10 rings (SSSR count). The molecule has 2 heteroatoms. The van der Waals surface area contributed by atoms with Gasteiger partial charge in [-0.15, -0.1) is 0 Å². The van der Waals surface area contributed by atoms with E-state index in [1.807, 2.05) is 0 Å². The van der Waals surface area contributed by atoms with Crippen LogP contribution < -0.4 is 4.90 Å². The van der Waals surface area contributed by atoms with Crippen molar-refractivity contribution in [2.75, 3.05) is 4.90 Å². The summed E-state index contributed by atoms with van der Waals surface area (Å²) in [5.74, 6) is 0. The van der Waals surface area contributed by atoms with Gasteiger partial charge in [-0.25, -0.2) is 0 Å². The fraction of sp³-hybridized carbons (Fsp3) is 0.0189. The Morgan fingerprint density at radius 1 is 0.327 bits per heavy atom. The minimum Gasteiger partial charge on any atom is -0.311 e. The topological polar surface area (TPSA) is 8.17 Å². The second-order valence-corrected chi connectivity index (χ2v) is 14.3. The van der Waals surface area contributed by atoms with E-state index >= 15 is 0 Å². The van der Waals surface area contributed by atoms with Crippen molar-refractivity contribution in [2.24, 2.45) is 0 Å². The van der Waals surface area contributed by atoms with E-state index in [1.54, 1.807) is 0 Å². The molecule has 0 amide bonds. The maximum atomic E-state index is 2.37. The number of aryl methyl sites for hydroxylation is 1. The lowest BCUT2D eigenvalue weighted by molar-refractivity contribution is 1.17. The van der Waals surface area contributed by atoms with E-state index in [0.29, 0.717) is 0 Å². The predicted octanol–water partition coefficient (Wildman–Crippen LogP) is 14.7. The molecule has 0 spiro atoms.